The van der Waals surface area contributed by atoms with Crippen LogP contribution in [0.3, 0.4) is 0 Å². The largest absolute Gasteiger partial charge is 0.453 e. The Bertz CT molecular complexity index is 6710. The minimum atomic E-state index is 0.763. The average molecular weight is 1270 g/mol. The molecule has 0 atom stereocenters. The van der Waals surface area contributed by atoms with E-state index in [1.54, 1.807) is 0 Å². The van der Waals surface area contributed by atoms with Gasteiger partial charge in [0, 0.05) is 110 Å². The van der Waals surface area contributed by atoms with Crippen molar-refractivity contribution >= 4 is 155 Å². The van der Waals surface area contributed by atoms with Gasteiger partial charge in [-0.1, -0.05) is 243 Å². The van der Waals surface area contributed by atoms with Crippen LogP contribution in [0.2, 0.25) is 0 Å². The summed E-state index contributed by atoms with van der Waals surface area (Å²) in [5, 5.41) is 12.8. The molecule has 0 saturated carbocycles. The van der Waals surface area contributed by atoms with Gasteiger partial charge < -0.3 is 27.4 Å². The molecule has 0 spiro atoms. The molecule has 0 amide bonds. The minimum absolute atomic E-state index is 0.763. The molecule has 99 heavy (non-hydrogen) atoms. The normalized spacial score (nSPS) is 12.2. The molecule has 6 heterocycles. The summed E-state index contributed by atoms with van der Waals surface area (Å²) in [6, 6.07) is 108. The maximum atomic E-state index is 7.21. The van der Waals surface area contributed by atoms with Crippen LogP contribution >= 0.6 is 0 Å². The van der Waals surface area contributed by atoms with Gasteiger partial charge in [0.15, 0.2) is 11.2 Å². The van der Waals surface area contributed by atoms with E-state index in [1.807, 2.05) is 0 Å². The number of rotatable bonds is 12. The van der Waals surface area contributed by atoms with Crippen LogP contribution in [-0.2, 0) is 0 Å². The van der Waals surface area contributed by atoms with Crippen molar-refractivity contribution in [3.8, 4) is 33.4 Å². The molecule has 0 saturated heterocycles. The first-order valence-corrected chi connectivity index (χ1v) is 34.0. The van der Waals surface area contributed by atoms with Gasteiger partial charge in [-0.25, -0.2) is 0 Å². The highest BCUT2D eigenvalue weighted by molar-refractivity contribution is 6.38. The highest BCUT2D eigenvalue weighted by Gasteiger charge is 2.33. The molecule has 6 heteroatoms. The molecular weight excluding hydrogens is 1210 g/mol. The molecule has 6 aromatic heterocycles. The molecule has 0 radical (unpaired) electrons. The van der Waals surface area contributed by atoms with Crippen LogP contribution < -0.4 is 9.80 Å². The topological polar surface area (TPSA) is 41.6 Å². The zero-order valence-electron chi connectivity index (χ0n) is 54.8. The smallest absolute Gasteiger partial charge is 0.159 e. The standard InChI is InChI=1S/C93H62N4O2/c1-5-27-69-72-44-25-48-80(92(72)98-90(69)58(4)65-38-20-18-28-56(65)2)94(61-34-14-8-15-35-61)63-50-52-78-76(54-63)67-40-22-46-74-84-83(60-32-12-7-13-33-60)89-85(82(59-30-10-6-11-31-59)88(84)96(78)86(67)74)75-47-23-41-68-77-55-64(51-53-79(77)97(89)87(68)75)95(62-36-16-9-17-37-62)81-49-26-45-73-71-43-24-42-70(91(71)99-93(73)81)66-39-21-19-29-57(66)3/h5-55H,4H2,1-3H3/b27-5-. The Morgan fingerprint density at radius 1 is 0.354 bits per heavy atom. The number of benzene rings is 14. The van der Waals surface area contributed by atoms with E-state index in [4.69, 9.17) is 8.83 Å². The monoisotopic (exact) mass is 1270 g/mol. The van der Waals surface area contributed by atoms with E-state index in [0.717, 1.165) is 128 Å². The van der Waals surface area contributed by atoms with Crippen LogP contribution in [0.1, 0.15) is 34.9 Å². The predicted octanol–water partition coefficient (Wildman–Crippen LogP) is 26.3. The number of nitrogens with zero attached hydrogens (tertiary/aromatic N) is 4. The van der Waals surface area contributed by atoms with Crippen molar-refractivity contribution in [1.82, 2.24) is 8.80 Å². The third-order valence-corrected chi connectivity index (χ3v) is 20.9. The zero-order chi connectivity index (χ0) is 65.7. The summed E-state index contributed by atoms with van der Waals surface area (Å²) < 4.78 is 19.6. The van der Waals surface area contributed by atoms with Crippen LogP contribution in [0.15, 0.2) is 319 Å². The minimum Gasteiger partial charge on any atom is -0.453 e. The predicted molar refractivity (Wildman–Crippen MR) is 417 cm³/mol. The van der Waals surface area contributed by atoms with E-state index < -0.39 is 0 Å². The first-order valence-electron chi connectivity index (χ1n) is 34.0. The van der Waals surface area contributed by atoms with Crippen LogP contribution in [0.25, 0.3) is 154 Å². The average Bonchev–Trinajstić information content (AvgIpc) is 1.50. The zero-order valence-corrected chi connectivity index (χ0v) is 54.8. The van der Waals surface area contributed by atoms with Gasteiger partial charge in [-0.15, -0.1) is 0 Å². The number of allylic oxidation sites excluding steroid dienone is 1. The fraction of sp³-hybridized carbons (Fsp3) is 0.0323. The number of anilines is 6. The van der Waals surface area contributed by atoms with E-state index in [-0.39, 0.29) is 0 Å². The molecule has 0 aliphatic carbocycles. The van der Waals surface area contributed by atoms with Gasteiger partial charge in [-0.3, -0.25) is 0 Å². The van der Waals surface area contributed by atoms with Gasteiger partial charge in [0.25, 0.3) is 0 Å². The molecule has 20 aromatic rings. The highest BCUT2D eigenvalue weighted by atomic mass is 16.3. The molecule has 0 unspecified atom stereocenters. The van der Waals surface area contributed by atoms with Gasteiger partial charge in [-0.2, -0.15) is 0 Å². The number of furan rings is 2. The van der Waals surface area contributed by atoms with Crippen molar-refractivity contribution in [3.63, 3.8) is 0 Å². The summed E-state index contributed by atoms with van der Waals surface area (Å²) in [5.74, 6) is 0.763. The van der Waals surface area contributed by atoms with E-state index in [9.17, 15) is 0 Å². The van der Waals surface area contributed by atoms with Crippen LogP contribution in [0, 0.1) is 13.8 Å². The van der Waals surface area contributed by atoms with E-state index in [2.05, 4.69) is 355 Å². The third kappa shape index (κ3) is 8.18. The Kier molecular flexibility index (Phi) is 12.4. The SMILES string of the molecule is C=C(c1ccccc1C)c1oc2c(N(c3ccccc3)c3ccc4c(c3)c3cccc5c6c(-c7ccccc7)c7c(c(-c8ccccc8)c6n4c35)c3cccc4c5cc(N(c6ccccc6)c6cccc8c6oc6c(-c9ccccc9C)cccc68)ccc5n7c43)cccc2c1/C=C\C. The van der Waals surface area contributed by atoms with Crippen LogP contribution in [0.4, 0.5) is 34.1 Å². The Hall–Kier alpha value is -12.9. The molecule has 466 valence electrons. The maximum Gasteiger partial charge on any atom is 0.159 e. The number of hydrogen-bond acceptors (Lipinski definition) is 4. The third-order valence-electron chi connectivity index (χ3n) is 20.9. The summed E-state index contributed by atoms with van der Waals surface area (Å²) in [4.78, 5) is 4.74. The molecule has 0 aliphatic heterocycles. The molecule has 14 aromatic carbocycles. The first kappa shape index (κ1) is 56.4. The molecule has 0 fully saturated rings. The van der Waals surface area contributed by atoms with Crippen molar-refractivity contribution in [3.05, 3.63) is 338 Å². The molecule has 0 aliphatic rings. The van der Waals surface area contributed by atoms with Gasteiger partial charge in [0.1, 0.15) is 11.3 Å². The fourth-order valence-corrected chi connectivity index (χ4v) is 16.7. The number of para-hydroxylation sites is 7. The number of fused-ring (bicyclic) bond motifs is 16. The lowest BCUT2D eigenvalue weighted by atomic mass is 9.89. The number of aromatic nitrogens is 2. The van der Waals surface area contributed by atoms with Gasteiger partial charge in [0.05, 0.1) is 44.5 Å². The van der Waals surface area contributed by atoms with Gasteiger partial charge in [0.2, 0.25) is 0 Å². The quantitative estimate of drug-likeness (QED) is 0.122. The number of aryl methyl sites for hydroxylation is 2. The van der Waals surface area contributed by atoms with Crippen molar-refractivity contribution < 1.29 is 8.83 Å². The fourth-order valence-electron chi connectivity index (χ4n) is 16.7. The Balaban J connectivity index is 0.835. The summed E-state index contributed by atoms with van der Waals surface area (Å²) in [6.45, 7) is 11.0. The molecule has 0 N–H and O–H groups in total. The second kappa shape index (κ2) is 21.8. The van der Waals surface area contributed by atoms with Crippen molar-refractivity contribution in [2.45, 2.75) is 20.8 Å². The lowest BCUT2D eigenvalue weighted by molar-refractivity contribution is 0.600. The van der Waals surface area contributed by atoms with Gasteiger partial charge >= 0.3 is 0 Å². The lowest BCUT2D eigenvalue weighted by Gasteiger charge is -2.25. The second-order valence-electron chi connectivity index (χ2n) is 26.3. The molecule has 20 rings (SSSR count). The van der Waals surface area contributed by atoms with Crippen molar-refractivity contribution in [2.24, 2.45) is 0 Å². The Labute approximate surface area is 571 Å². The summed E-state index contributed by atoms with van der Waals surface area (Å²) in [7, 11) is 0. The molecule has 6 nitrogen and oxygen atoms in total. The maximum absolute atomic E-state index is 7.21. The van der Waals surface area contributed by atoms with Crippen molar-refractivity contribution in [2.75, 3.05) is 9.80 Å². The van der Waals surface area contributed by atoms with E-state index in [1.165, 1.54) is 82.0 Å². The first-order chi connectivity index (χ1) is 48.9. The van der Waals surface area contributed by atoms with Crippen molar-refractivity contribution in [1.29, 1.82) is 0 Å². The summed E-state index contributed by atoms with van der Waals surface area (Å²) >= 11 is 0. The van der Waals surface area contributed by atoms with E-state index in [0.29, 0.717) is 0 Å². The van der Waals surface area contributed by atoms with E-state index >= 15 is 0 Å². The Morgan fingerprint density at radius 3 is 1.32 bits per heavy atom. The van der Waals surface area contributed by atoms with Crippen LogP contribution in [-0.4, -0.2) is 8.80 Å². The Morgan fingerprint density at radius 2 is 0.788 bits per heavy atom. The highest BCUT2D eigenvalue weighted by Crippen LogP contribution is 2.56. The summed E-state index contributed by atoms with van der Waals surface area (Å²) in [5.41, 5.74) is 27.8. The molecular formula is C93H62N4O2. The summed E-state index contributed by atoms with van der Waals surface area (Å²) in [6.07, 6.45) is 4.24. The second-order valence-corrected chi connectivity index (χ2v) is 26.3. The van der Waals surface area contributed by atoms with Crippen LogP contribution in [0.5, 0.6) is 0 Å². The van der Waals surface area contributed by atoms with Gasteiger partial charge in [-0.05, 0) is 127 Å². The molecule has 0 bridgehead atoms. The number of hydrogen-bond donors (Lipinski definition) is 0. The lowest BCUT2D eigenvalue weighted by Crippen LogP contribution is -2.10.